The molecule has 2 unspecified atom stereocenters. The normalized spacial score (nSPS) is 22.8. The van der Waals surface area contributed by atoms with E-state index in [1.165, 1.54) is 0 Å². The Balaban J connectivity index is 2.20. The number of rotatable bonds is 1. The fourth-order valence-corrected chi connectivity index (χ4v) is 2.73. The van der Waals surface area contributed by atoms with E-state index < -0.39 is 0 Å². The highest BCUT2D eigenvalue weighted by Gasteiger charge is 2.27. The van der Waals surface area contributed by atoms with Crippen LogP contribution in [0.3, 0.4) is 0 Å². The number of ether oxygens (including phenoxy) is 1. The number of benzene rings is 1. The molecule has 102 valence electrons. The molecule has 1 aliphatic rings. The molecule has 1 aromatic carbocycles. The van der Waals surface area contributed by atoms with Gasteiger partial charge in [0, 0.05) is 24.2 Å². The summed E-state index contributed by atoms with van der Waals surface area (Å²) in [5, 5.41) is 10.4. The van der Waals surface area contributed by atoms with Crippen LogP contribution >= 0.6 is 0 Å². The molecule has 0 radical (unpaired) electrons. The SMILES string of the molecule is CC1CN(c2c(C#N)cnc3ccccc23)C(C)CO1. The van der Waals surface area contributed by atoms with Crippen LogP contribution in [0, 0.1) is 11.3 Å². The van der Waals surface area contributed by atoms with Gasteiger partial charge >= 0.3 is 0 Å². The van der Waals surface area contributed by atoms with Crippen molar-refractivity contribution in [2.45, 2.75) is 26.0 Å². The molecule has 1 saturated heterocycles. The zero-order valence-electron chi connectivity index (χ0n) is 11.7. The van der Waals surface area contributed by atoms with Crippen LogP contribution in [-0.2, 0) is 4.74 Å². The summed E-state index contributed by atoms with van der Waals surface area (Å²) in [5.41, 5.74) is 2.54. The lowest BCUT2D eigenvalue weighted by molar-refractivity contribution is 0.0345. The maximum Gasteiger partial charge on any atom is 0.103 e. The van der Waals surface area contributed by atoms with E-state index in [0.717, 1.165) is 23.1 Å². The topological polar surface area (TPSA) is 49.2 Å². The zero-order valence-corrected chi connectivity index (χ0v) is 11.7. The average Bonchev–Trinajstić information content (AvgIpc) is 2.48. The highest BCUT2D eigenvalue weighted by atomic mass is 16.5. The lowest BCUT2D eigenvalue weighted by atomic mass is 10.1. The number of pyridine rings is 1. The second kappa shape index (κ2) is 5.10. The lowest BCUT2D eigenvalue weighted by Crippen LogP contribution is -2.47. The molecule has 2 aromatic rings. The van der Waals surface area contributed by atoms with E-state index in [4.69, 9.17) is 4.74 Å². The molecule has 0 aliphatic carbocycles. The van der Waals surface area contributed by atoms with Crippen LogP contribution in [0.4, 0.5) is 5.69 Å². The lowest BCUT2D eigenvalue weighted by Gasteiger charge is -2.39. The number of anilines is 1. The smallest absolute Gasteiger partial charge is 0.103 e. The summed E-state index contributed by atoms with van der Waals surface area (Å²) in [4.78, 5) is 6.65. The molecule has 4 heteroatoms. The van der Waals surface area contributed by atoms with Crippen molar-refractivity contribution < 1.29 is 4.74 Å². The Bertz CT molecular complexity index is 677. The molecular weight excluding hydrogens is 250 g/mol. The Morgan fingerprint density at radius 3 is 2.95 bits per heavy atom. The Kier molecular flexibility index (Phi) is 3.29. The molecule has 0 N–H and O–H groups in total. The third-order valence-corrected chi connectivity index (χ3v) is 3.76. The summed E-state index contributed by atoms with van der Waals surface area (Å²) in [6, 6.07) is 10.5. The summed E-state index contributed by atoms with van der Waals surface area (Å²) in [6.07, 6.45) is 1.84. The number of para-hydroxylation sites is 1. The van der Waals surface area contributed by atoms with E-state index in [9.17, 15) is 5.26 Å². The quantitative estimate of drug-likeness (QED) is 0.797. The minimum absolute atomic E-state index is 0.171. The minimum Gasteiger partial charge on any atom is -0.375 e. The van der Waals surface area contributed by atoms with E-state index in [1.54, 1.807) is 6.20 Å². The molecule has 4 nitrogen and oxygen atoms in total. The number of nitriles is 1. The first-order valence-electron chi connectivity index (χ1n) is 6.87. The third-order valence-electron chi connectivity index (χ3n) is 3.76. The van der Waals surface area contributed by atoms with Crippen molar-refractivity contribution in [3.63, 3.8) is 0 Å². The van der Waals surface area contributed by atoms with Crippen molar-refractivity contribution in [1.82, 2.24) is 4.98 Å². The van der Waals surface area contributed by atoms with E-state index in [-0.39, 0.29) is 12.1 Å². The van der Waals surface area contributed by atoms with Crippen LogP contribution in [0.15, 0.2) is 30.5 Å². The van der Waals surface area contributed by atoms with Crippen molar-refractivity contribution in [1.29, 1.82) is 5.26 Å². The first-order chi connectivity index (χ1) is 9.70. The summed E-state index contributed by atoms with van der Waals surface area (Å²) in [6.45, 7) is 5.67. The first-order valence-corrected chi connectivity index (χ1v) is 6.87. The van der Waals surface area contributed by atoms with Gasteiger partial charge in [0.25, 0.3) is 0 Å². The molecule has 2 atom stereocenters. The number of fused-ring (bicyclic) bond motifs is 1. The summed E-state index contributed by atoms with van der Waals surface area (Å²) >= 11 is 0. The van der Waals surface area contributed by atoms with Crippen LogP contribution in [-0.4, -0.2) is 30.3 Å². The van der Waals surface area contributed by atoms with Gasteiger partial charge in [-0.1, -0.05) is 18.2 Å². The number of morpholine rings is 1. The Morgan fingerprint density at radius 1 is 1.35 bits per heavy atom. The first kappa shape index (κ1) is 12.9. The average molecular weight is 267 g/mol. The number of hydrogen-bond donors (Lipinski definition) is 0. The fourth-order valence-electron chi connectivity index (χ4n) is 2.73. The summed E-state index contributed by atoms with van der Waals surface area (Å²) < 4.78 is 5.69. The van der Waals surface area contributed by atoms with Crippen molar-refractivity contribution in [3.8, 4) is 6.07 Å². The molecule has 0 bridgehead atoms. The molecule has 0 spiro atoms. The van der Waals surface area contributed by atoms with Gasteiger partial charge in [-0.3, -0.25) is 4.98 Å². The molecule has 20 heavy (non-hydrogen) atoms. The fraction of sp³-hybridized carbons (Fsp3) is 0.375. The van der Waals surface area contributed by atoms with Crippen molar-refractivity contribution in [3.05, 3.63) is 36.0 Å². The van der Waals surface area contributed by atoms with Gasteiger partial charge in [-0.25, -0.2) is 0 Å². The van der Waals surface area contributed by atoms with Gasteiger partial charge < -0.3 is 9.64 Å². The number of nitrogens with zero attached hydrogens (tertiary/aromatic N) is 3. The van der Waals surface area contributed by atoms with E-state index >= 15 is 0 Å². The maximum absolute atomic E-state index is 9.41. The molecular formula is C16H17N3O. The number of hydrogen-bond acceptors (Lipinski definition) is 4. The molecule has 0 saturated carbocycles. The Hall–Kier alpha value is -2.12. The van der Waals surface area contributed by atoms with Crippen LogP contribution in [0.25, 0.3) is 10.9 Å². The Morgan fingerprint density at radius 2 is 2.15 bits per heavy atom. The third kappa shape index (κ3) is 2.10. The zero-order chi connectivity index (χ0) is 14.1. The second-order valence-electron chi connectivity index (χ2n) is 5.29. The van der Waals surface area contributed by atoms with Crippen LogP contribution < -0.4 is 4.90 Å². The van der Waals surface area contributed by atoms with Crippen LogP contribution in [0.1, 0.15) is 19.4 Å². The van der Waals surface area contributed by atoms with Gasteiger partial charge in [-0.15, -0.1) is 0 Å². The molecule has 1 aromatic heterocycles. The number of aromatic nitrogens is 1. The van der Waals surface area contributed by atoms with Crippen molar-refractivity contribution in [2.75, 3.05) is 18.1 Å². The van der Waals surface area contributed by atoms with E-state index in [1.807, 2.05) is 24.3 Å². The van der Waals surface area contributed by atoms with Crippen molar-refractivity contribution in [2.24, 2.45) is 0 Å². The van der Waals surface area contributed by atoms with Gasteiger partial charge in [0.05, 0.1) is 29.5 Å². The Labute approximate surface area is 118 Å². The van der Waals surface area contributed by atoms with Gasteiger partial charge in [0.15, 0.2) is 0 Å². The summed E-state index contributed by atoms with van der Waals surface area (Å²) in [5.74, 6) is 0. The molecule has 3 rings (SSSR count). The molecule has 1 aliphatic heterocycles. The second-order valence-corrected chi connectivity index (χ2v) is 5.29. The monoisotopic (exact) mass is 267 g/mol. The predicted octanol–water partition coefficient (Wildman–Crippen LogP) is 2.72. The van der Waals surface area contributed by atoms with E-state index in [0.29, 0.717) is 12.2 Å². The minimum atomic E-state index is 0.171. The van der Waals surface area contributed by atoms with E-state index in [2.05, 4.69) is 29.8 Å². The molecule has 2 heterocycles. The maximum atomic E-state index is 9.41. The van der Waals surface area contributed by atoms with Gasteiger partial charge in [-0.05, 0) is 19.9 Å². The predicted molar refractivity (Wildman–Crippen MR) is 78.7 cm³/mol. The van der Waals surface area contributed by atoms with Gasteiger partial charge in [0.1, 0.15) is 6.07 Å². The molecule has 1 fully saturated rings. The highest BCUT2D eigenvalue weighted by Crippen LogP contribution is 2.32. The van der Waals surface area contributed by atoms with Gasteiger partial charge in [0.2, 0.25) is 0 Å². The van der Waals surface area contributed by atoms with Crippen molar-refractivity contribution >= 4 is 16.6 Å². The largest absolute Gasteiger partial charge is 0.375 e. The summed E-state index contributed by atoms with van der Waals surface area (Å²) in [7, 11) is 0. The van der Waals surface area contributed by atoms with Crippen LogP contribution in [0.2, 0.25) is 0 Å². The van der Waals surface area contributed by atoms with Crippen LogP contribution in [0.5, 0.6) is 0 Å². The standard InChI is InChI=1S/C16H17N3O/c1-11-10-20-12(2)9-19(11)16-13(7-17)8-18-15-6-4-3-5-14(15)16/h3-6,8,11-12H,9-10H2,1-2H3. The highest BCUT2D eigenvalue weighted by molar-refractivity contribution is 5.94. The molecule has 0 amide bonds. The van der Waals surface area contributed by atoms with Gasteiger partial charge in [-0.2, -0.15) is 5.26 Å².